The normalized spacial score (nSPS) is 14.6. The summed E-state index contributed by atoms with van der Waals surface area (Å²) in [6, 6.07) is 4.40. The number of rotatable bonds is 7. The highest BCUT2D eigenvalue weighted by atomic mass is 16.5. The maximum Gasteiger partial charge on any atom is 0.338 e. The molecule has 0 bridgehead atoms. The number of amides is 3. The zero-order chi connectivity index (χ0) is 21.2. The fraction of sp³-hybridized carbons (Fsp3) is 0.500. The van der Waals surface area contributed by atoms with E-state index in [0.717, 1.165) is 32.7 Å². The van der Waals surface area contributed by atoms with Crippen LogP contribution >= 0.6 is 0 Å². The number of piperazine rings is 1. The molecule has 4 N–H and O–H groups in total. The number of primary amides is 1. The minimum absolute atomic E-state index is 0.0222. The number of hydrogen-bond donors (Lipinski definition) is 3. The van der Waals surface area contributed by atoms with Crippen LogP contribution in [0, 0.1) is 11.8 Å². The zero-order valence-corrected chi connectivity index (χ0v) is 17.0. The van der Waals surface area contributed by atoms with Crippen molar-refractivity contribution in [1.82, 2.24) is 14.9 Å². The predicted octanol–water partition coefficient (Wildman–Crippen LogP) is 0.783. The Kier molecular flexibility index (Phi) is 8.73. The van der Waals surface area contributed by atoms with Gasteiger partial charge in [0.05, 0.1) is 12.2 Å². The molecule has 1 fully saturated rings. The zero-order valence-electron chi connectivity index (χ0n) is 17.0. The van der Waals surface area contributed by atoms with E-state index in [9.17, 15) is 14.8 Å². The van der Waals surface area contributed by atoms with Crippen molar-refractivity contribution in [2.75, 3.05) is 58.2 Å². The Morgan fingerprint density at radius 2 is 2.03 bits per heavy atom. The van der Waals surface area contributed by atoms with Crippen LogP contribution in [0.4, 0.5) is 10.5 Å². The van der Waals surface area contributed by atoms with Gasteiger partial charge in [0.25, 0.3) is 0 Å². The third-order valence-corrected chi connectivity index (χ3v) is 4.49. The second-order valence-electron chi connectivity index (χ2n) is 6.90. The van der Waals surface area contributed by atoms with Crippen LogP contribution in [0.15, 0.2) is 18.2 Å². The van der Waals surface area contributed by atoms with Crippen LogP contribution in [-0.2, 0) is 4.79 Å². The Morgan fingerprint density at radius 1 is 1.31 bits per heavy atom. The summed E-state index contributed by atoms with van der Waals surface area (Å²) in [6.07, 6.45) is 0.262. The molecular formula is C20H29N5O4. The number of hydrogen-bond acceptors (Lipinski definition) is 6. The molecule has 0 radical (unpaired) electrons. The molecule has 29 heavy (non-hydrogen) atoms. The molecule has 1 saturated heterocycles. The molecule has 0 unspecified atom stereocenters. The molecule has 0 spiro atoms. The van der Waals surface area contributed by atoms with Crippen molar-refractivity contribution < 1.29 is 19.5 Å². The molecule has 1 aromatic carbocycles. The number of hydroxylamine groups is 2. The summed E-state index contributed by atoms with van der Waals surface area (Å²) in [5.41, 5.74) is 6.18. The second-order valence-corrected chi connectivity index (χ2v) is 6.90. The number of carbonyl (C=O) groups is 2. The topological polar surface area (TPSA) is 111 Å². The molecule has 9 nitrogen and oxygen atoms in total. The van der Waals surface area contributed by atoms with E-state index in [4.69, 9.17) is 10.5 Å². The van der Waals surface area contributed by atoms with Crippen LogP contribution in [0.2, 0.25) is 0 Å². The highest BCUT2D eigenvalue weighted by molar-refractivity contribution is 5.90. The van der Waals surface area contributed by atoms with Gasteiger partial charge >= 0.3 is 6.03 Å². The lowest BCUT2D eigenvalue weighted by atomic mass is 10.2. The van der Waals surface area contributed by atoms with E-state index in [1.807, 2.05) is 0 Å². The summed E-state index contributed by atoms with van der Waals surface area (Å²) >= 11 is 0. The van der Waals surface area contributed by atoms with Crippen molar-refractivity contribution >= 4 is 17.6 Å². The van der Waals surface area contributed by atoms with E-state index >= 15 is 0 Å². The van der Waals surface area contributed by atoms with Crippen LogP contribution in [0.5, 0.6) is 5.75 Å². The van der Waals surface area contributed by atoms with Crippen molar-refractivity contribution in [3.05, 3.63) is 23.8 Å². The SMILES string of the molecule is CC(=O)Nc1cc(C#CCCN(O)C(N)=O)ccc1OCCN1CCN(C)CC1. The Labute approximate surface area is 171 Å². The highest BCUT2D eigenvalue weighted by Gasteiger charge is 2.14. The minimum Gasteiger partial charge on any atom is -0.490 e. The molecule has 158 valence electrons. The van der Waals surface area contributed by atoms with E-state index in [1.54, 1.807) is 18.2 Å². The van der Waals surface area contributed by atoms with Crippen molar-refractivity contribution in [2.45, 2.75) is 13.3 Å². The molecule has 1 aromatic rings. The van der Waals surface area contributed by atoms with E-state index in [-0.39, 0.29) is 18.9 Å². The molecule has 1 heterocycles. The molecular weight excluding hydrogens is 374 g/mol. The van der Waals surface area contributed by atoms with E-state index in [1.165, 1.54) is 6.92 Å². The number of urea groups is 1. The van der Waals surface area contributed by atoms with Gasteiger partial charge in [-0.1, -0.05) is 11.8 Å². The van der Waals surface area contributed by atoms with Gasteiger partial charge in [0.15, 0.2) is 0 Å². The quantitative estimate of drug-likeness (QED) is 0.353. The van der Waals surface area contributed by atoms with Gasteiger partial charge in [-0.15, -0.1) is 0 Å². The van der Waals surface area contributed by atoms with Crippen LogP contribution in [0.3, 0.4) is 0 Å². The monoisotopic (exact) mass is 403 g/mol. The van der Waals surface area contributed by atoms with Crippen molar-refractivity contribution in [3.63, 3.8) is 0 Å². The third-order valence-electron chi connectivity index (χ3n) is 4.49. The maximum atomic E-state index is 11.5. The number of carbonyl (C=O) groups excluding carboxylic acids is 2. The Hall–Kier alpha value is -2.80. The summed E-state index contributed by atoms with van der Waals surface area (Å²) in [5, 5.41) is 12.4. The van der Waals surface area contributed by atoms with Gasteiger partial charge in [0.2, 0.25) is 5.91 Å². The first-order valence-electron chi connectivity index (χ1n) is 9.55. The number of nitrogens with two attached hydrogens (primary N) is 1. The summed E-state index contributed by atoms with van der Waals surface area (Å²) in [4.78, 5) is 26.9. The van der Waals surface area contributed by atoms with Gasteiger partial charge in [-0.2, -0.15) is 0 Å². The average molecular weight is 403 g/mol. The number of likely N-dealkylation sites (N-methyl/N-ethyl adjacent to an activating group) is 1. The number of ether oxygens (including phenoxy) is 1. The summed E-state index contributed by atoms with van der Waals surface area (Å²) in [7, 11) is 2.12. The first kappa shape index (κ1) is 22.5. The first-order chi connectivity index (χ1) is 13.8. The average Bonchev–Trinajstić information content (AvgIpc) is 2.67. The van der Waals surface area contributed by atoms with Gasteiger partial charge in [-0.05, 0) is 25.2 Å². The number of nitrogens with zero attached hydrogens (tertiary/aromatic N) is 3. The van der Waals surface area contributed by atoms with Gasteiger partial charge in [0.1, 0.15) is 12.4 Å². The largest absolute Gasteiger partial charge is 0.490 e. The summed E-state index contributed by atoms with van der Waals surface area (Å²) < 4.78 is 5.90. The molecule has 3 amide bonds. The first-order valence-corrected chi connectivity index (χ1v) is 9.55. The molecule has 9 heteroatoms. The number of anilines is 1. The fourth-order valence-corrected chi connectivity index (χ4v) is 2.81. The van der Waals surface area contributed by atoms with Crippen LogP contribution in [0.1, 0.15) is 18.9 Å². The number of nitrogens with one attached hydrogen (secondary N) is 1. The standard InChI is InChI=1S/C20H29N5O4/c1-16(26)22-18-15-17(5-3-4-8-25(28)20(21)27)6-7-19(18)29-14-13-24-11-9-23(2)10-12-24/h6-7,15,28H,4,8-14H2,1-2H3,(H2,21,27)(H,22,26). The summed E-state index contributed by atoms with van der Waals surface area (Å²) in [5.74, 6) is 6.18. The smallest absolute Gasteiger partial charge is 0.338 e. The van der Waals surface area contributed by atoms with E-state index < -0.39 is 6.03 Å². The molecule has 2 rings (SSSR count). The molecule has 1 aliphatic rings. The van der Waals surface area contributed by atoms with Crippen LogP contribution in [0.25, 0.3) is 0 Å². The van der Waals surface area contributed by atoms with Crippen molar-refractivity contribution in [2.24, 2.45) is 5.73 Å². The minimum atomic E-state index is -0.919. The van der Waals surface area contributed by atoms with Crippen LogP contribution in [-0.4, -0.2) is 84.9 Å². The van der Waals surface area contributed by atoms with E-state index in [0.29, 0.717) is 28.7 Å². The van der Waals surface area contributed by atoms with Gasteiger partial charge in [-0.3, -0.25) is 14.9 Å². The lowest BCUT2D eigenvalue weighted by Gasteiger charge is -2.32. The van der Waals surface area contributed by atoms with Gasteiger partial charge in [-0.25, -0.2) is 9.86 Å². The second kappa shape index (κ2) is 11.3. The Balaban J connectivity index is 1.94. The summed E-state index contributed by atoms with van der Waals surface area (Å²) in [6.45, 7) is 6.96. The molecule has 0 saturated carbocycles. The Morgan fingerprint density at radius 3 is 2.69 bits per heavy atom. The molecule has 0 atom stereocenters. The predicted molar refractivity (Wildman–Crippen MR) is 110 cm³/mol. The van der Waals surface area contributed by atoms with Gasteiger partial charge in [0, 0.05) is 51.6 Å². The fourth-order valence-electron chi connectivity index (χ4n) is 2.81. The Bertz CT molecular complexity index is 766. The lowest BCUT2D eigenvalue weighted by molar-refractivity contribution is -0.114. The third kappa shape index (κ3) is 7.99. The maximum absolute atomic E-state index is 11.5. The molecule has 0 aliphatic carbocycles. The van der Waals surface area contributed by atoms with Gasteiger partial charge < -0.3 is 20.7 Å². The highest BCUT2D eigenvalue weighted by Crippen LogP contribution is 2.25. The molecule has 1 aliphatic heterocycles. The van der Waals surface area contributed by atoms with Crippen molar-refractivity contribution in [1.29, 1.82) is 0 Å². The molecule has 0 aromatic heterocycles. The van der Waals surface area contributed by atoms with Crippen molar-refractivity contribution in [3.8, 4) is 17.6 Å². The van der Waals surface area contributed by atoms with E-state index in [2.05, 4.69) is 34.0 Å². The number of benzene rings is 1. The lowest BCUT2D eigenvalue weighted by Crippen LogP contribution is -2.45. The van der Waals surface area contributed by atoms with Crippen LogP contribution < -0.4 is 15.8 Å².